The zero-order valence-corrected chi connectivity index (χ0v) is 9.69. The van der Waals surface area contributed by atoms with Crippen LogP contribution < -0.4 is 5.32 Å². The lowest BCUT2D eigenvalue weighted by atomic mass is 9.81. The molecule has 1 saturated carbocycles. The van der Waals surface area contributed by atoms with Crippen LogP contribution in [0.15, 0.2) is 0 Å². The Morgan fingerprint density at radius 2 is 2.00 bits per heavy atom. The van der Waals surface area contributed by atoms with Crippen molar-refractivity contribution in [3.63, 3.8) is 0 Å². The van der Waals surface area contributed by atoms with Gasteiger partial charge in [-0.15, -0.1) is 0 Å². The molecule has 5 nitrogen and oxygen atoms in total. The van der Waals surface area contributed by atoms with Crippen molar-refractivity contribution in [3.8, 4) is 0 Å². The lowest BCUT2D eigenvalue weighted by Crippen LogP contribution is -2.29. The second-order valence-corrected chi connectivity index (χ2v) is 4.08. The third-order valence-corrected chi connectivity index (χ3v) is 3.07. The number of nitrogens with one attached hydrogen (secondary N) is 1. The predicted octanol–water partition coefficient (Wildman–Crippen LogP) is 0.0440. The van der Waals surface area contributed by atoms with Gasteiger partial charge in [0.05, 0.1) is 0 Å². The molecule has 0 amide bonds. The summed E-state index contributed by atoms with van der Waals surface area (Å²) in [7, 11) is 0.901. The highest BCUT2D eigenvalue weighted by Gasteiger charge is 2.25. The summed E-state index contributed by atoms with van der Waals surface area (Å²) in [5.74, 6) is 0.753. The van der Waals surface area contributed by atoms with Gasteiger partial charge in [-0.2, -0.15) is 9.59 Å². The molecule has 0 saturated heterocycles. The molecule has 0 bridgehead atoms. The minimum absolute atomic E-state index is 0.250. The Kier molecular flexibility index (Phi) is 9.14. The van der Waals surface area contributed by atoms with Crippen LogP contribution in [0.25, 0.3) is 0 Å². The summed E-state index contributed by atoms with van der Waals surface area (Å²) in [4.78, 5) is 16.2. The molecule has 0 radical (unpaired) electrons. The topological polar surface area (TPSA) is 86.6 Å². The summed E-state index contributed by atoms with van der Waals surface area (Å²) in [5, 5.41) is 20.7. The van der Waals surface area contributed by atoms with E-state index in [9.17, 15) is 0 Å². The largest absolute Gasteiger partial charge is 0.451 e. The Morgan fingerprint density at radius 3 is 2.50 bits per heavy atom. The maximum atomic E-state index is 8.69. The lowest BCUT2D eigenvalue weighted by Gasteiger charge is -2.18. The Hall–Kier alpha value is -0.675. The molecule has 0 spiro atoms. The molecular weight excluding hydrogens is 209 g/mol. The summed E-state index contributed by atoms with van der Waals surface area (Å²) in [5.41, 5.74) is 0. The Morgan fingerprint density at radius 1 is 1.38 bits per heavy atom. The van der Waals surface area contributed by atoms with E-state index in [4.69, 9.17) is 19.6 Å². The fourth-order valence-electron chi connectivity index (χ4n) is 2.33. The second-order valence-electron chi connectivity index (χ2n) is 4.08. The van der Waals surface area contributed by atoms with Crippen LogP contribution in [0.3, 0.4) is 0 Å². The maximum Gasteiger partial charge on any atom is 0.451 e. The van der Waals surface area contributed by atoms with Crippen molar-refractivity contribution in [1.82, 2.24) is 5.32 Å². The summed E-state index contributed by atoms with van der Waals surface area (Å²) in [6.45, 7) is 0. The quantitative estimate of drug-likeness (QED) is 0.579. The van der Waals surface area contributed by atoms with E-state index in [1.165, 1.54) is 19.3 Å². The van der Waals surface area contributed by atoms with Crippen LogP contribution in [0.2, 0.25) is 6.32 Å². The summed E-state index contributed by atoms with van der Waals surface area (Å²) in [6, 6.07) is 0.663. The van der Waals surface area contributed by atoms with Crippen LogP contribution >= 0.6 is 0 Å². The number of rotatable bonds is 5. The average Bonchev–Trinajstić information content (AvgIpc) is 2.66. The fraction of sp³-hybridized carbons (Fsp3) is 0.900. The highest BCUT2D eigenvalue weighted by molar-refractivity contribution is 6.40. The first-order chi connectivity index (χ1) is 7.65. The van der Waals surface area contributed by atoms with E-state index >= 15 is 0 Å². The third-order valence-electron chi connectivity index (χ3n) is 3.07. The first kappa shape index (κ1) is 15.3. The van der Waals surface area contributed by atoms with Gasteiger partial charge in [0.15, 0.2) is 0 Å². The van der Waals surface area contributed by atoms with Crippen molar-refractivity contribution in [2.45, 2.75) is 44.5 Å². The van der Waals surface area contributed by atoms with Crippen molar-refractivity contribution in [3.05, 3.63) is 0 Å². The van der Waals surface area contributed by atoms with Crippen LogP contribution in [0.1, 0.15) is 32.1 Å². The van der Waals surface area contributed by atoms with Crippen LogP contribution in [0, 0.1) is 5.92 Å². The SMILES string of the molecule is CN[C@H]1CCC[C@@H]1CCCB(O)O.O=C=O. The van der Waals surface area contributed by atoms with Crippen molar-refractivity contribution >= 4 is 13.3 Å². The molecule has 1 aliphatic carbocycles. The van der Waals surface area contributed by atoms with E-state index in [0.717, 1.165) is 18.8 Å². The summed E-state index contributed by atoms with van der Waals surface area (Å²) >= 11 is 0. The molecule has 0 aromatic heterocycles. The molecule has 1 fully saturated rings. The monoisotopic (exact) mass is 229 g/mol. The Bertz CT molecular complexity index is 207. The first-order valence-electron chi connectivity index (χ1n) is 5.68. The van der Waals surface area contributed by atoms with Gasteiger partial charge >= 0.3 is 13.3 Å². The van der Waals surface area contributed by atoms with Gasteiger partial charge < -0.3 is 15.4 Å². The van der Waals surface area contributed by atoms with Gasteiger partial charge in [-0.1, -0.05) is 12.8 Å². The van der Waals surface area contributed by atoms with Crippen LogP contribution in [-0.4, -0.2) is 36.4 Å². The van der Waals surface area contributed by atoms with E-state index in [-0.39, 0.29) is 6.15 Å². The van der Waals surface area contributed by atoms with E-state index in [2.05, 4.69) is 5.32 Å². The minimum Gasteiger partial charge on any atom is -0.427 e. The molecule has 0 aromatic carbocycles. The number of hydrogen-bond acceptors (Lipinski definition) is 5. The standard InChI is InChI=1S/C9H20BNO2.CO2/c1-11-9-6-2-4-8(9)5-3-7-10(12)13;2-1-3/h8-9,11-13H,2-7H2,1H3;/t8-,9+;/m1./s1. The summed E-state index contributed by atoms with van der Waals surface area (Å²) < 4.78 is 0. The minimum atomic E-state index is -1.12. The molecule has 0 heterocycles. The van der Waals surface area contributed by atoms with Gasteiger partial charge in [-0.05, 0) is 38.5 Å². The van der Waals surface area contributed by atoms with Gasteiger partial charge in [-0.25, -0.2) is 0 Å². The van der Waals surface area contributed by atoms with Crippen LogP contribution in [0.5, 0.6) is 0 Å². The van der Waals surface area contributed by atoms with Crippen molar-refractivity contribution in [2.75, 3.05) is 7.05 Å². The molecule has 2 atom stereocenters. The number of carbonyl (C=O) groups excluding carboxylic acids is 2. The molecule has 92 valence electrons. The van der Waals surface area contributed by atoms with Crippen molar-refractivity contribution < 1.29 is 19.6 Å². The first-order valence-corrected chi connectivity index (χ1v) is 5.68. The lowest BCUT2D eigenvalue weighted by molar-refractivity contribution is -0.191. The predicted molar refractivity (Wildman–Crippen MR) is 59.4 cm³/mol. The van der Waals surface area contributed by atoms with Crippen LogP contribution in [-0.2, 0) is 9.59 Å². The molecule has 1 rings (SSSR count). The molecule has 0 aliphatic heterocycles. The van der Waals surface area contributed by atoms with Gasteiger partial charge in [-0.3, -0.25) is 0 Å². The number of hydrogen-bond donors (Lipinski definition) is 3. The van der Waals surface area contributed by atoms with Gasteiger partial charge in [0.25, 0.3) is 0 Å². The Balaban J connectivity index is 0.000000673. The summed E-state index contributed by atoms with van der Waals surface area (Å²) in [6.07, 6.45) is 6.73. The molecule has 0 aromatic rings. The fourth-order valence-corrected chi connectivity index (χ4v) is 2.33. The average molecular weight is 229 g/mol. The Labute approximate surface area is 96.4 Å². The molecule has 16 heavy (non-hydrogen) atoms. The van der Waals surface area contributed by atoms with Gasteiger partial charge in [0.2, 0.25) is 0 Å². The second kappa shape index (κ2) is 9.54. The van der Waals surface area contributed by atoms with E-state index < -0.39 is 7.12 Å². The van der Waals surface area contributed by atoms with Gasteiger partial charge in [0, 0.05) is 6.04 Å². The van der Waals surface area contributed by atoms with E-state index in [0.29, 0.717) is 12.4 Å². The van der Waals surface area contributed by atoms with Crippen molar-refractivity contribution in [2.24, 2.45) is 5.92 Å². The zero-order valence-electron chi connectivity index (χ0n) is 9.69. The zero-order chi connectivity index (χ0) is 12.4. The normalized spacial score (nSPS) is 23.2. The third kappa shape index (κ3) is 6.74. The molecule has 1 aliphatic rings. The molecular formula is C10H20BNO4. The van der Waals surface area contributed by atoms with Crippen molar-refractivity contribution in [1.29, 1.82) is 0 Å². The van der Waals surface area contributed by atoms with Crippen LogP contribution in [0.4, 0.5) is 0 Å². The van der Waals surface area contributed by atoms with E-state index in [1.807, 2.05) is 7.05 Å². The highest BCUT2D eigenvalue weighted by atomic mass is 16.4. The maximum absolute atomic E-state index is 8.69. The molecule has 0 unspecified atom stereocenters. The highest BCUT2D eigenvalue weighted by Crippen LogP contribution is 2.29. The molecule has 6 heteroatoms. The molecule has 3 N–H and O–H groups in total. The van der Waals surface area contributed by atoms with E-state index in [1.54, 1.807) is 0 Å². The smallest absolute Gasteiger partial charge is 0.427 e. The van der Waals surface area contributed by atoms with Gasteiger partial charge in [0.1, 0.15) is 0 Å².